The number of likely N-dealkylation sites (N-methyl/N-ethyl adjacent to an activating group) is 1. The minimum absolute atomic E-state index is 0.178. The van der Waals surface area contributed by atoms with Gasteiger partial charge in [0.05, 0.1) is 14.2 Å². The summed E-state index contributed by atoms with van der Waals surface area (Å²) in [6.45, 7) is 2.10. The van der Waals surface area contributed by atoms with Crippen LogP contribution >= 0.6 is 0 Å². The maximum atomic E-state index is 5.48. The number of rotatable bonds is 6. The van der Waals surface area contributed by atoms with Gasteiger partial charge in [-0.25, -0.2) is 0 Å². The van der Waals surface area contributed by atoms with Crippen LogP contribution in [0, 0.1) is 6.92 Å². The van der Waals surface area contributed by atoms with Gasteiger partial charge in [-0.05, 0) is 38.1 Å². The van der Waals surface area contributed by atoms with E-state index in [4.69, 9.17) is 9.47 Å². The van der Waals surface area contributed by atoms with E-state index in [0.29, 0.717) is 0 Å². The normalized spacial score (nSPS) is 12.0. The molecule has 1 atom stereocenters. The van der Waals surface area contributed by atoms with E-state index in [-0.39, 0.29) is 6.04 Å². The second kappa shape index (κ2) is 7.14. The van der Waals surface area contributed by atoms with Gasteiger partial charge in [-0.2, -0.15) is 0 Å². The summed E-state index contributed by atoms with van der Waals surface area (Å²) >= 11 is 0. The SMILES string of the molecule is CNC(Cc1cc(C)ccc1OC)c1ccccc1OC. The van der Waals surface area contributed by atoms with Crippen LogP contribution in [-0.2, 0) is 6.42 Å². The average Bonchev–Trinajstić information content (AvgIpc) is 2.52. The Morgan fingerprint density at radius 1 is 1.00 bits per heavy atom. The summed E-state index contributed by atoms with van der Waals surface area (Å²) in [5.41, 5.74) is 3.59. The molecule has 2 aromatic rings. The number of aryl methyl sites for hydroxylation is 1. The van der Waals surface area contributed by atoms with E-state index in [9.17, 15) is 0 Å². The molecule has 3 nitrogen and oxygen atoms in total. The van der Waals surface area contributed by atoms with Crippen LogP contribution in [0.2, 0.25) is 0 Å². The minimum Gasteiger partial charge on any atom is -0.496 e. The van der Waals surface area contributed by atoms with Gasteiger partial charge in [0.1, 0.15) is 11.5 Å². The fraction of sp³-hybridized carbons (Fsp3) is 0.333. The number of para-hydroxylation sites is 1. The van der Waals surface area contributed by atoms with E-state index >= 15 is 0 Å². The average molecular weight is 285 g/mol. The molecule has 0 aliphatic carbocycles. The van der Waals surface area contributed by atoms with Gasteiger partial charge in [0.15, 0.2) is 0 Å². The van der Waals surface area contributed by atoms with Crippen molar-refractivity contribution in [3.63, 3.8) is 0 Å². The first kappa shape index (κ1) is 15.4. The number of benzene rings is 2. The van der Waals surface area contributed by atoms with Gasteiger partial charge in [0, 0.05) is 11.6 Å². The third kappa shape index (κ3) is 3.56. The maximum absolute atomic E-state index is 5.48. The van der Waals surface area contributed by atoms with E-state index in [0.717, 1.165) is 23.5 Å². The Kier molecular flexibility index (Phi) is 5.23. The zero-order valence-corrected chi connectivity index (χ0v) is 13.1. The molecule has 0 aliphatic rings. The van der Waals surface area contributed by atoms with Crippen molar-refractivity contribution in [2.45, 2.75) is 19.4 Å². The fourth-order valence-corrected chi connectivity index (χ4v) is 2.61. The van der Waals surface area contributed by atoms with Gasteiger partial charge >= 0.3 is 0 Å². The highest BCUT2D eigenvalue weighted by Gasteiger charge is 2.16. The lowest BCUT2D eigenvalue weighted by atomic mass is 9.96. The molecule has 1 N–H and O–H groups in total. The van der Waals surface area contributed by atoms with Gasteiger partial charge in [-0.15, -0.1) is 0 Å². The first-order chi connectivity index (χ1) is 10.2. The summed E-state index contributed by atoms with van der Waals surface area (Å²) in [5.74, 6) is 1.83. The van der Waals surface area contributed by atoms with Crippen LogP contribution < -0.4 is 14.8 Å². The molecule has 0 saturated carbocycles. The molecule has 0 saturated heterocycles. The minimum atomic E-state index is 0.178. The Balaban J connectivity index is 2.33. The molecule has 1 unspecified atom stereocenters. The van der Waals surface area contributed by atoms with Gasteiger partial charge in [-0.1, -0.05) is 35.9 Å². The monoisotopic (exact) mass is 285 g/mol. The third-order valence-corrected chi connectivity index (χ3v) is 3.72. The number of methoxy groups -OCH3 is 2. The van der Waals surface area contributed by atoms with Crippen LogP contribution in [0.15, 0.2) is 42.5 Å². The maximum Gasteiger partial charge on any atom is 0.123 e. The molecular formula is C18H23NO2. The molecule has 0 heterocycles. The second-order valence-corrected chi connectivity index (χ2v) is 5.10. The summed E-state index contributed by atoms with van der Waals surface area (Å²) in [7, 11) is 5.39. The van der Waals surface area contributed by atoms with Crippen molar-refractivity contribution in [3.8, 4) is 11.5 Å². The molecule has 2 rings (SSSR count). The lowest BCUT2D eigenvalue weighted by molar-refractivity contribution is 0.395. The molecule has 0 aliphatic heterocycles. The molecule has 0 amide bonds. The molecule has 3 heteroatoms. The smallest absolute Gasteiger partial charge is 0.123 e. The Morgan fingerprint density at radius 3 is 2.38 bits per heavy atom. The highest BCUT2D eigenvalue weighted by atomic mass is 16.5. The molecule has 0 fully saturated rings. The van der Waals surface area contributed by atoms with Crippen molar-refractivity contribution in [2.75, 3.05) is 21.3 Å². The lowest BCUT2D eigenvalue weighted by Gasteiger charge is -2.21. The number of hydrogen-bond acceptors (Lipinski definition) is 3. The molecule has 21 heavy (non-hydrogen) atoms. The van der Waals surface area contributed by atoms with Crippen molar-refractivity contribution < 1.29 is 9.47 Å². The van der Waals surface area contributed by atoms with Crippen molar-refractivity contribution >= 4 is 0 Å². The van der Waals surface area contributed by atoms with Crippen LogP contribution in [0.5, 0.6) is 11.5 Å². The van der Waals surface area contributed by atoms with E-state index < -0.39 is 0 Å². The number of nitrogens with one attached hydrogen (secondary N) is 1. The Hall–Kier alpha value is -2.00. The zero-order chi connectivity index (χ0) is 15.2. The Morgan fingerprint density at radius 2 is 1.71 bits per heavy atom. The fourth-order valence-electron chi connectivity index (χ4n) is 2.61. The van der Waals surface area contributed by atoms with E-state index in [1.54, 1.807) is 14.2 Å². The van der Waals surface area contributed by atoms with Crippen molar-refractivity contribution in [3.05, 3.63) is 59.2 Å². The lowest BCUT2D eigenvalue weighted by Crippen LogP contribution is -2.20. The Bertz CT molecular complexity index is 596. The summed E-state index contributed by atoms with van der Waals surface area (Å²) in [5, 5.41) is 3.38. The summed E-state index contributed by atoms with van der Waals surface area (Å²) in [6.07, 6.45) is 0.849. The first-order valence-corrected chi connectivity index (χ1v) is 7.13. The molecule has 112 valence electrons. The summed E-state index contributed by atoms with van der Waals surface area (Å²) in [4.78, 5) is 0. The topological polar surface area (TPSA) is 30.5 Å². The van der Waals surface area contributed by atoms with Crippen molar-refractivity contribution in [2.24, 2.45) is 0 Å². The highest BCUT2D eigenvalue weighted by molar-refractivity contribution is 5.41. The van der Waals surface area contributed by atoms with Crippen LogP contribution in [-0.4, -0.2) is 21.3 Å². The van der Waals surface area contributed by atoms with Gasteiger partial charge < -0.3 is 14.8 Å². The zero-order valence-electron chi connectivity index (χ0n) is 13.1. The van der Waals surface area contributed by atoms with E-state index in [1.165, 1.54) is 11.1 Å². The second-order valence-electron chi connectivity index (χ2n) is 5.10. The third-order valence-electron chi connectivity index (χ3n) is 3.72. The van der Waals surface area contributed by atoms with Crippen LogP contribution in [0.3, 0.4) is 0 Å². The predicted molar refractivity (Wildman–Crippen MR) is 86.2 cm³/mol. The van der Waals surface area contributed by atoms with Crippen LogP contribution in [0.4, 0.5) is 0 Å². The quantitative estimate of drug-likeness (QED) is 0.881. The largest absolute Gasteiger partial charge is 0.496 e. The van der Waals surface area contributed by atoms with Crippen LogP contribution in [0.1, 0.15) is 22.7 Å². The van der Waals surface area contributed by atoms with Gasteiger partial charge in [0.2, 0.25) is 0 Å². The summed E-state index contributed by atoms with van der Waals surface area (Å²) in [6, 6.07) is 14.6. The first-order valence-electron chi connectivity index (χ1n) is 7.13. The predicted octanol–water partition coefficient (Wildman–Crippen LogP) is 3.52. The van der Waals surface area contributed by atoms with Gasteiger partial charge in [-0.3, -0.25) is 0 Å². The highest BCUT2D eigenvalue weighted by Crippen LogP contribution is 2.30. The van der Waals surface area contributed by atoms with Crippen molar-refractivity contribution in [1.82, 2.24) is 5.32 Å². The molecule has 2 aromatic carbocycles. The molecule has 0 spiro atoms. The standard InChI is InChI=1S/C18H23NO2/c1-13-9-10-17(20-3)14(11-13)12-16(19-2)15-7-5-6-8-18(15)21-4/h5-11,16,19H,12H2,1-4H3. The van der Waals surface area contributed by atoms with Gasteiger partial charge in [0.25, 0.3) is 0 Å². The van der Waals surface area contributed by atoms with Crippen LogP contribution in [0.25, 0.3) is 0 Å². The molecular weight excluding hydrogens is 262 g/mol. The van der Waals surface area contributed by atoms with Crippen molar-refractivity contribution in [1.29, 1.82) is 0 Å². The van der Waals surface area contributed by atoms with E-state index in [1.807, 2.05) is 31.3 Å². The summed E-state index contributed by atoms with van der Waals surface area (Å²) < 4.78 is 11.0. The molecule has 0 radical (unpaired) electrons. The number of ether oxygens (including phenoxy) is 2. The molecule has 0 aromatic heterocycles. The van der Waals surface area contributed by atoms with E-state index in [2.05, 4.69) is 30.4 Å². The molecule has 0 bridgehead atoms. The number of hydrogen-bond donors (Lipinski definition) is 1. The Labute approximate surface area is 126 Å².